The van der Waals surface area contributed by atoms with Gasteiger partial charge in [-0.15, -0.1) is 0 Å². The lowest BCUT2D eigenvalue weighted by molar-refractivity contribution is -0.142. The Morgan fingerprint density at radius 1 is 1.07 bits per heavy atom. The summed E-state index contributed by atoms with van der Waals surface area (Å²) in [5.41, 5.74) is 2.16. The van der Waals surface area contributed by atoms with Gasteiger partial charge >= 0.3 is 11.9 Å². The highest BCUT2D eigenvalue weighted by Gasteiger charge is 2.37. The molecule has 2 rings (SSSR count). The predicted molar refractivity (Wildman–Crippen MR) is 107 cm³/mol. The van der Waals surface area contributed by atoms with E-state index in [1.807, 2.05) is 25.1 Å². The van der Waals surface area contributed by atoms with Crippen molar-refractivity contribution >= 4 is 25.0 Å². The summed E-state index contributed by atoms with van der Waals surface area (Å²) in [7, 11) is -4.06. The van der Waals surface area contributed by atoms with Crippen molar-refractivity contribution in [2.75, 3.05) is 11.5 Å². The zero-order chi connectivity index (χ0) is 20.7. The summed E-state index contributed by atoms with van der Waals surface area (Å²) in [4.78, 5) is 33.1. The van der Waals surface area contributed by atoms with Gasteiger partial charge in [-0.2, -0.15) is 0 Å². The zero-order valence-corrected chi connectivity index (χ0v) is 16.4. The van der Waals surface area contributed by atoms with E-state index in [4.69, 9.17) is 5.11 Å². The summed E-state index contributed by atoms with van der Waals surface area (Å²) in [5.74, 6) is -4.66. The van der Waals surface area contributed by atoms with Gasteiger partial charge in [0.05, 0.1) is 5.92 Å². The lowest BCUT2D eigenvalue weighted by atomic mass is 10.1. The fourth-order valence-electron chi connectivity index (χ4n) is 2.96. The Kier molecular flexibility index (Phi) is 7.38. The second-order valence-corrected chi connectivity index (χ2v) is 9.13. The van der Waals surface area contributed by atoms with Gasteiger partial charge < -0.3 is 20.4 Å². The monoisotopic (exact) mass is 405 g/mol. The maximum absolute atomic E-state index is 13.2. The van der Waals surface area contributed by atoms with E-state index in [1.54, 1.807) is 36.4 Å². The molecule has 0 aromatic heterocycles. The average molecular weight is 405 g/mol. The van der Waals surface area contributed by atoms with Crippen LogP contribution in [0.1, 0.15) is 29.8 Å². The predicted octanol–water partition coefficient (Wildman–Crippen LogP) is 3.94. The first kappa shape index (κ1) is 21.7. The molecular formula is C20H24NO6P. The minimum absolute atomic E-state index is 0.207. The maximum atomic E-state index is 13.2. The van der Waals surface area contributed by atoms with Crippen molar-refractivity contribution in [3.8, 4) is 0 Å². The standard InChI is InChI=1S/C20H24NO6P/c1-14-6-5-9-17(12-14)21-19(15-7-3-2-4-8-15)28(26,27)13-16(20(24)25)10-11-18(22)23/h2-9,12,16,19,21H,10-11,13H2,1H3,(H,22,23)(H,24,25)(H,26,27). The van der Waals surface area contributed by atoms with Gasteiger partial charge in [-0.3, -0.25) is 14.2 Å². The van der Waals surface area contributed by atoms with E-state index < -0.39 is 37.2 Å². The van der Waals surface area contributed by atoms with Crippen molar-refractivity contribution in [3.63, 3.8) is 0 Å². The Hall–Kier alpha value is -2.63. The lowest BCUT2D eigenvalue weighted by Crippen LogP contribution is -2.23. The molecule has 0 saturated heterocycles. The smallest absolute Gasteiger partial charge is 0.307 e. The molecule has 0 heterocycles. The van der Waals surface area contributed by atoms with Crippen molar-refractivity contribution < 1.29 is 29.3 Å². The van der Waals surface area contributed by atoms with Crippen LogP contribution in [0.25, 0.3) is 0 Å². The number of carboxylic acids is 2. The molecule has 0 aliphatic rings. The number of benzene rings is 2. The molecule has 8 heteroatoms. The van der Waals surface area contributed by atoms with E-state index in [-0.39, 0.29) is 12.8 Å². The topological polar surface area (TPSA) is 124 Å². The lowest BCUT2D eigenvalue weighted by Gasteiger charge is -2.27. The number of hydrogen-bond donors (Lipinski definition) is 4. The van der Waals surface area contributed by atoms with Gasteiger partial charge in [-0.05, 0) is 36.6 Å². The van der Waals surface area contributed by atoms with Crippen molar-refractivity contribution in [1.29, 1.82) is 0 Å². The van der Waals surface area contributed by atoms with Gasteiger partial charge in [0.25, 0.3) is 0 Å². The van der Waals surface area contributed by atoms with Crippen LogP contribution in [-0.4, -0.2) is 33.2 Å². The number of aliphatic carboxylic acids is 2. The van der Waals surface area contributed by atoms with Crippen LogP contribution in [0.4, 0.5) is 5.69 Å². The Morgan fingerprint density at radius 2 is 1.75 bits per heavy atom. The first-order chi connectivity index (χ1) is 13.2. The molecule has 3 unspecified atom stereocenters. The fraction of sp³-hybridized carbons (Fsp3) is 0.300. The van der Waals surface area contributed by atoms with Crippen LogP contribution >= 0.6 is 7.37 Å². The second kappa shape index (κ2) is 9.53. The van der Waals surface area contributed by atoms with Gasteiger partial charge in [0.1, 0.15) is 5.78 Å². The quantitative estimate of drug-likeness (QED) is 0.441. The summed E-state index contributed by atoms with van der Waals surface area (Å²) < 4.78 is 13.2. The first-order valence-corrected chi connectivity index (χ1v) is 10.7. The molecule has 3 atom stereocenters. The molecule has 0 aliphatic carbocycles. The SMILES string of the molecule is Cc1cccc(NC(c2ccccc2)P(=O)(O)CC(CCC(=O)O)C(=O)O)c1. The number of nitrogens with one attached hydrogen (secondary N) is 1. The summed E-state index contributed by atoms with van der Waals surface area (Å²) in [6.07, 6.45) is -1.10. The third kappa shape index (κ3) is 6.22. The molecule has 0 fully saturated rings. The van der Waals surface area contributed by atoms with E-state index in [0.717, 1.165) is 5.56 Å². The number of anilines is 1. The molecule has 0 spiro atoms. The summed E-state index contributed by atoms with van der Waals surface area (Å²) >= 11 is 0. The number of carbonyl (C=O) groups is 2. The molecule has 0 aliphatic heterocycles. The van der Waals surface area contributed by atoms with Crippen LogP contribution < -0.4 is 5.32 Å². The number of rotatable bonds is 10. The molecule has 4 N–H and O–H groups in total. The Bertz CT molecular complexity index is 870. The number of aryl methyl sites for hydroxylation is 1. The molecular weight excluding hydrogens is 381 g/mol. The Morgan fingerprint density at radius 3 is 2.32 bits per heavy atom. The van der Waals surface area contributed by atoms with E-state index in [1.165, 1.54) is 0 Å². The highest BCUT2D eigenvalue weighted by Crippen LogP contribution is 2.57. The van der Waals surface area contributed by atoms with Crippen LogP contribution in [0.2, 0.25) is 0 Å². The van der Waals surface area contributed by atoms with Gasteiger partial charge in [0.15, 0.2) is 0 Å². The molecule has 7 nitrogen and oxygen atoms in total. The van der Waals surface area contributed by atoms with Gasteiger partial charge in [0.2, 0.25) is 7.37 Å². The van der Waals surface area contributed by atoms with E-state index in [9.17, 15) is 24.2 Å². The second-order valence-electron chi connectivity index (χ2n) is 6.73. The van der Waals surface area contributed by atoms with E-state index in [0.29, 0.717) is 11.3 Å². The Balaban J connectivity index is 2.33. The number of hydrogen-bond acceptors (Lipinski definition) is 4. The highest BCUT2D eigenvalue weighted by atomic mass is 31.2. The van der Waals surface area contributed by atoms with Crippen LogP contribution in [0, 0.1) is 12.8 Å². The minimum atomic E-state index is -4.06. The van der Waals surface area contributed by atoms with E-state index >= 15 is 0 Å². The number of carboxylic acid groups (broad SMARTS) is 2. The molecule has 0 radical (unpaired) electrons. The fourth-order valence-corrected chi connectivity index (χ4v) is 5.13. The summed E-state index contributed by atoms with van der Waals surface area (Å²) in [6, 6.07) is 16.0. The largest absolute Gasteiger partial charge is 0.481 e. The normalized spacial score (nSPS) is 15.2. The van der Waals surface area contributed by atoms with Gasteiger partial charge in [-0.1, -0.05) is 42.5 Å². The van der Waals surface area contributed by atoms with Gasteiger partial charge in [-0.25, -0.2) is 0 Å². The van der Waals surface area contributed by atoms with E-state index in [2.05, 4.69) is 5.32 Å². The maximum Gasteiger partial charge on any atom is 0.307 e. The molecule has 150 valence electrons. The molecule has 0 bridgehead atoms. The molecule has 28 heavy (non-hydrogen) atoms. The van der Waals surface area contributed by atoms with Gasteiger partial charge in [0, 0.05) is 18.3 Å². The highest BCUT2D eigenvalue weighted by molar-refractivity contribution is 7.58. The van der Waals surface area contributed by atoms with Crippen LogP contribution in [0.5, 0.6) is 0 Å². The summed E-state index contributed by atoms with van der Waals surface area (Å²) in [6.45, 7) is 1.90. The third-order valence-electron chi connectivity index (χ3n) is 4.38. The molecule has 0 saturated carbocycles. The van der Waals surface area contributed by atoms with Crippen molar-refractivity contribution in [1.82, 2.24) is 0 Å². The van der Waals surface area contributed by atoms with Crippen LogP contribution in [-0.2, 0) is 14.2 Å². The minimum Gasteiger partial charge on any atom is -0.481 e. The third-order valence-corrected chi connectivity index (χ3v) is 6.58. The van der Waals surface area contributed by atoms with Crippen molar-refractivity contribution in [2.24, 2.45) is 5.92 Å². The average Bonchev–Trinajstić information content (AvgIpc) is 2.63. The zero-order valence-electron chi connectivity index (χ0n) is 15.5. The Labute approximate surface area is 163 Å². The molecule has 0 amide bonds. The molecule has 2 aromatic carbocycles. The van der Waals surface area contributed by atoms with Crippen LogP contribution in [0.15, 0.2) is 54.6 Å². The van der Waals surface area contributed by atoms with Crippen molar-refractivity contribution in [2.45, 2.75) is 25.5 Å². The van der Waals surface area contributed by atoms with Crippen molar-refractivity contribution in [3.05, 3.63) is 65.7 Å². The summed E-state index contributed by atoms with van der Waals surface area (Å²) in [5, 5.41) is 21.3. The molecule has 2 aromatic rings. The van der Waals surface area contributed by atoms with Crippen LogP contribution in [0.3, 0.4) is 0 Å². The first-order valence-electron chi connectivity index (χ1n) is 8.83.